The van der Waals surface area contributed by atoms with Gasteiger partial charge < -0.3 is 9.47 Å². The molecule has 0 radical (unpaired) electrons. The number of carbonyl (C=O) groups is 2. The fourth-order valence-electron chi connectivity index (χ4n) is 1.92. The van der Waals surface area contributed by atoms with Crippen molar-refractivity contribution < 1.29 is 19.1 Å². The third-order valence-corrected chi connectivity index (χ3v) is 3.00. The Morgan fingerprint density at radius 3 is 2.54 bits per heavy atom. The molecule has 24 heavy (non-hydrogen) atoms. The molecule has 0 saturated heterocycles. The molecule has 0 bridgehead atoms. The summed E-state index contributed by atoms with van der Waals surface area (Å²) in [5.41, 5.74) is 0.710. The van der Waals surface area contributed by atoms with Gasteiger partial charge in [-0.1, -0.05) is 30.3 Å². The first-order valence-electron chi connectivity index (χ1n) is 7.30. The van der Waals surface area contributed by atoms with Gasteiger partial charge in [0.25, 0.3) is 0 Å². The molecule has 0 aromatic heterocycles. The van der Waals surface area contributed by atoms with E-state index in [1.54, 1.807) is 61.5 Å². The van der Waals surface area contributed by atoms with E-state index >= 15 is 0 Å². The predicted molar refractivity (Wildman–Crippen MR) is 88.1 cm³/mol. The Balaban J connectivity index is 2.21. The number of para-hydroxylation sites is 1. The predicted octanol–water partition coefficient (Wildman–Crippen LogP) is 3.38. The summed E-state index contributed by atoms with van der Waals surface area (Å²) < 4.78 is 10.1. The number of nitrogens with zero attached hydrogens (tertiary/aromatic N) is 1. The van der Waals surface area contributed by atoms with Gasteiger partial charge >= 0.3 is 11.9 Å². The Morgan fingerprint density at radius 2 is 1.88 bits per heavy atom. The fourth-order valence-corrected chi connectivity index (χ4v) is 1.92. The van der Waals surface area contributed by atoms with E-state index in [9.17, 15) is 9.59 Å². The highest BCUT2D eigenvalue weighted by Gasteiger charge is 2.12. The Labute approximate surface area is 139 Å². The molecule has 0 atom stereocenters. The maximum absolute atomic E-state index is 12.2. The monoisotopic (exact) mass is 321 g/mol. The van der Waals surface area contributed by atoms with Crippen molar-refractivity contribution >= 4 is 18.0 Å². The minimum atomic E-state index is -0.697. The lowest BCUT2D eigenvalue weighted by molar-refractivity contribution is -0.137. The highest BCUT2D eigenvalue weighted by atomic mass is 16.5. The molecule has 2 aromatic rings. The summed E-state index contributed by atoms with van der Waals surface area (Å²) in [5.74, 6) is -0.781. The average Bonchev–Trinajstić information content (AvgIpc) is 2.61. The van der Waals surface area contributed by atoms with Gasteiger partial charge in [-0.3, -0.25) is 0 Å². The third-order valence-electron chi connectivity index (χ3n) is 3.00. The summed E-state index contributed by atoms with van der Waals surface area (Å²) in [5, 5.41) is 9.05. The Morgan fingerprint density at radius 1 is 1.12 bits per heavy atom. The molecule has 0 amide bonds. The van der Waals surface area contributed by atoms with E-state index < -0.39 is 11.9 Å². The largest absolute Gasteiger partial charge is 0.462 e. The first kappa shape index (κ1) is 17.0. The molecule has 0 unspecified atom stereocenters. The number of rotatable bonds is 5. The Hall–Kier alpha value is -3.39. The summed E-state index contributed by atoms with van der Waals surface area (Å²) >= 11 is 0. The fraction of sp³-hybridized carbons (Fsp3) is 0.105. The first-order valence-corrected chi connectivity index (χ1v) is 7.30. The van der Waals surface area contributed by atoms with E-state index in [1.807, 2.05) is 6.07 Å². The smallest absolute Gasteiger partial charge is 0.348 e. The summed E-state index contributed by atoms with van der Waals surface area (Å²) in [6.07, 6.45) is 1.37. The van der Waals surface area contributed by atoms with Crippen LogP contribution in [0.1, 0.15) is 22.8 Å². The van der Waals surface area contributed by atoms with Crippen LogP contribution in [0.25, 0.3) is 6.08 Å². The molecule has 0 heterocycles. The molecular formula is C19H15NO4. The van der Waals surface area contributed by atoms with Crippen molar-refractivity contribution in [3.05, 3.63) is 71.3 Å². The Kier molecular flexibility index (Phi) is 5.87. The van der Waals surface area contributed by atoms with Crippen LogP contribution in [0.15, 0.2) is 60.2 Å². The normalized spacial score (nSPS) is 10.6. The number of esters is 2. The van der Waals surface area contributed by atoms with Gasteiger partial charge in [0.15, 0.2) is 0 Å². The van der Waals surface area contributed by atoms with Gasteiger partial charge in [0.05, 0.1) is 12.2 Å². The zero-order valence-electron chi connectivity index (χ0n) is 13.1. The SMILES string of the molecule is CCOC(=O)/C(C#N)=C\c1cccc(C(=O)Oc2ccccc2)c1. The molecule has 0 spiro atoms. The van der Waals surface area contributed by atoms with Crippen molar-refractivity contribution in [1.82, 2.24) is 0 Å². The molecule has 2 rings (SSSR count). The zero-order valence-corrected chi connectivity index (χ0v) is 13.1. The van der Waals surface area contributed by atoms with E-state index in [2.05, 4.69) is 0 Å². The summed E-state index contributed by atoms with van der Waals surface area (Å²) in [6, 6.07) is 17.0. The van der Waals surface area contributed by atoms with Crippen molar-refractivity contribution in [3.63, 3.8) is 0 Å². The molecule has 2 aromatic carbocycles. The van der Waals surface area contributed by atoms with Crippen molar-refractivity contribution in [3.8, 4) is 11.8 Å². The molecule has 5 heteroatoms. The topological polar surface area (TPSA) is 76.4 Å². The van der Waals surface area contributed by atoms with Crippen LogP contribution in [0.2, 0.25) is 0 Å². The number of nitriles is 1. The second-order valence-corrected chi connectivity index (χ2v) is 4.72. The van der Waals surface area contributed by atoms with Crippen molar-refractivity contribution in [2.45, 2.75) is 6.92 Å². The number of carbonyl (C=O) groups excluding carboxylic acids is 2. The van der Waals surface area contributed by atoms with Gasteiger partial charge in [-0.2, -0.15) is 5.26 Å². The minimum absolute atomic E-state index is 0.134. The van der Waals surface area contributed by atoms with Crippen molar-refractivity contribution in [1.29, 1.82) is 5.26 Å². The van der Waals surface area contributed by atoms with E-state index in [0.717, 1.165) is 0 Å². The van der Waals surface area contributed by atoms with Crippen LogP contribution in [0.3, 0.4) is 0 Å². The third kappa shape index (κ3) is 4.55. The van der Waals surface area contributed by atoms with E-state index in [4.69, 9.17) is 14.7 Å². The van der Waals surface area contributed by atoms with E-state index in [1.165, 1.54) is 6.08 Å². The summed E-state index contributed by atoms with van der Waals surface area (Å²) in [6.45, 7) is 1.84. The second kappa shape index (κ2) is 8.30. The number of ether oxygens (including phenoxy) is 2. The lowest BCUT2D eigenvalue weighted by Crippen LogP contribution is -2.09. The van der Waals surface area contributed by atoms with Crippen molar-refractivity contribution in [2.75, 3.05) is 6.61 Å². The Bertz CT molecular complexity index is 804. The first-order chi connectivity index (χ1) is 11.6. The molecule has 0 aliphatic carbocycles. The van der Waals surface area contributed by atoms with Crippen LogP contribution < -0.4 is 4.74 Å². The van der Waals surface area contributed by atoms with E-state index in [0.29, 0.717) is 16.9 Å². The van der Waals surface area contributed by atoms with E-state index in [-0.39, 0.29) is 12.2 Å². The standard InChI is InChI=1S/C19H15NO4/c1-2-23-18(21)16(13-20)12-14-7-6-8-15(11-14)19(22)24-17-9-4-3-5-10-17/h3-12H,2H2,1H3/b16-12-. The highest BCUT2D eigenvalue weighted by molar-refractivity contribution is 5.98. The van der Waals surface area contributed by atoms with Crippen LogP contribution in [0.4, 0.5) is 0 Å². The number of hydrogen-bond acceptors (Lipinski definition) is 5. The molecule has 5 nitrogen and oxygen atoms in total. The highest BCUT2D eigenvalue weighted by Crippen LogP contribution is 2.15. The van der Waals surface area contributed by atoms with Crippen molar-refractivity contribution in [2.24, 2.45) is 0 Å². The molecule has 0 fully saturated rings. The minimum Gasteiger partial charge on any atom is -0.462 e. The zero-order chi connectivity index (χ0) is 17.4. The molecule has 0 saturated carbocycles. The molecular weight excluding hydrogens is 306 g/mol. The molecule has 0 aliphatic heterocycles. The van der Waals surface area contributed by atoms with Gasteiger partial charge in [0.2, 0.25) is 0 Å². The number of hydrogen-bond donors (Lipinski definition) is 0. The van der Waals surface area contributed by atoms with Gasteiger partial charge in [-0.15, -0.1) is 0 Å². The lowest BCUT2D eigenvalue weighted by Gasteiger charge is -2.05. The quantitative estimate of drug-likeness (QED) is 0.365. The van der Waals surface area contributed by atoms with Crippen LogP contribution in [0, 0.1) is 11.3 Å². The lowest BCUT2D eigenvalue weighted by atomic mass is 10.1. The molecule has 0 N–H and O–H groups in total. The van der Waals surface area contributed by atoms with Crippen LogP contribution in [-0.4, -0.2) is 18.5 Å². The molecule has 120 valence electrons. The average molecular weight is 321 g/mol. The van der Waals surface area contributed by atoms with Gasteiger partial charge in [0.1, 0.15) is 17.4 Å². The number of benzene rings is 2. The van der Waals surface area contributed by atoms with Gasteiger partial charge in [-0.25, -0.2) is 9.59 Å². The van der Waals surface area contributed by atoms with Crippen LogP contribution in [-0.2, 0) is 9.53 Å². The van der Waals surface area contributed by atoms with Gasteiger partial charge in [-0.05, 0) is 42.8 Å². The van der Waals surface area contributed by atoms with Crippen LogP contribution >= 0.6 is 0 Å². The van der Waals surface area contributed by atoms with Crippen LogP contribution in [0.5, 0.6) is 5.75 Å². The summed E-state index contributed by atoms with van der Waals surface area (Å²) in [4.78, 5) is 23.8. The molecule has 0 aliphatic rings. The maximum Gasteiger partial charge on any atom is 0.348 e. The summed E-state index contributed by atoms with van der Waals surface area (Å²) in [7, 11) is 0. The van der Waals surface area contributed by atoms with Gasteiger partial charge in [0, 0.05) is 0 Å². The maximum atomic E-state index is 12.2. The second-order valence-electron chi connectivity index (χ2n) is 4.72.